The highest BCUT2D eigenvalue weighted by atomic mass is 35.5. The highest BCUT2D eigenvalue weighted by Gasteiger charge is 2.27. The highest BCUT2D eigenvalue weighted by molar-refractivity contribution is 6.29. The normalized spacial score (nSPS) is 15.8. The molecule has 0 spiro atoms. The molecule has 2 aromatic rings. The zero-order valence-electron chi connectivity index (χ0n) is 11.7. The molecule has 0 radical (unpaired) electrons. The number of halogens is 2. The van der Waals surface area contributed by atoms with Crippen molar-refractivity contribution in [1.82, 2.24) is 9.88 Å². The molecule has 1 saturated heterocycles. The van der Waals surface area contributed by atoms with Crippen LogP contribution in [0.1, 0.15) is 23.4 Å². The number of amides is 1. The number of piperidine rings is 1. The molecule has 1 aliphatic rings. The Bertz CT molecular complexity index is 668. The number of nitrogens with zero attached hydrogens (tertiary/aromatic N) is 2. The number of pyridine rings is 1. The number of ether oxygens (including phenoxy) is 1. The lowest BCUT2D eigenvalue weighted by atomic mass is 10.1. The summed E-state index contributed by atoms with van der Waals surface area (Å²) in [7, 11) is 0. The third kappa shape index (κ3) is 3.22. The standard InChI is InChI=1S/C15H14ClFN2O3/c16-13-4-3-12(22-13)15(20)19-8-5-10(6-9-19)21-14-11(17)2-1-7-18-14/h1-4,7,10H,5-6,8-9H2. The van der Waals surface area contributed by atoms with Crippen molar-refractivity contribution in [3.05, 3.63) is 47.3 Å². The quantitative estimate of drug-likeness (QED) is 0.870. The first kappa shape index (κ1) is 14.8. The number of aromatic nitrogens is 1. The van der Waals surface area contributed by atoms with Crippen molar-refractivity contribution in [1.29, 1.82) is 0 Å². The van der Waals surface area contributed by atoms with Crippen LogP contribution in [0.5, 0.6) is 5.88 Å². The molecule has 7 heteroatoms. The topological polar surface area (TPSA) is 55.6 Å². The van der Waals surface area contributed by atoms with Crippen LogP contribution in [0.25, 0.3) is 0 Å². The van der Waals surface area contributed by atoms with Gasteiger partial charge in [0.2, 0.25) is 0 Å². The first-order chi connectivity index (χ1) is 10.6. The first-order valence-electron chi connectivity index (χ1n) is 6.95. The number of carbonyl (C=O) groups is 1. The van der Waals surface area contributed by atoms with E-state index in [1.54, 1.807) is 11.0 Å². The van der Waals surface area contributed by atoms with Gasteiger partial charge in [-0.3, -0.25) is 4.79 Å². The van der Waals surface area contributed by atoms with Gasteiger partial charge in [-0.05, 0) is 35.9 Å². The number of furan rings is 1. The maximum atomic E-state index is 13.5. The Morgan fingerprint density at radius 1 is 1.36 bits per heavy atom. The van der Waals surface area contributed by atoms with Crippen molar-refractivity contribution in [3.8, 4) is 5.88 Å². The zero-order chi connectivity index (χ0) is 15.5. The van der Waals surface area contributed by atoms with Crippen LogP contribution < -0.4 is 4.74 Å². The molecule has 3 heterocycles. The van der Waals surface area contributed by atoms with Gasteiger partial charge in [0, 0.05) is 32.1 Å². The molecule has 1 fully saturated rings. The van der Waals surface area contributed by atoms with Crippen LogP contribution in [0.15, 0.2) is 34.9 Å². The van der Waals surface area contributed by atoms with E-state index in [2.05, 4.69) is 4.98 Å². The van der Waals surface area contributed by atoms with Gasteiger partial charge >= 0.3 is 0 Å². The van der Waals surface area contributed by atoms with E-state index >= 15 is 0 Å². The predicted octanol–water partition coefficient (Wildman–Crippen LogP) is 3.15. The average Bonchev–Trinajstić information content (AvgIpc) is 2.96. The van der Waals surface area contributed by atoms with Gasteiger partial charge in [-0.2, -0.15) is 0 Å². The second-order valence-corrected chi connectivity index (χ2v) is 5.38. The third-order valence-electron chi connectivity index (χ3n) is 3.52. The second-order valence-electron chi connectivity index (χ2n) is 5.00. The Morgan fingerprint density at radius 3 is 2.77 bits per heavy atom. The van der Waals surface area contributed by atoms with E-state index in [4.69, 9.17) is 20.8 Å². The van der Waals surface area contributed by atoms with Crippen molar-refractivity contribution in [2.24, 2.45) is 0 Å². The van der Waals surface area contributed by atoms with Gasteiger partial charge in [0.25, 0.3) is 11.8 Å². The fourth-order valence-corrected chi connectivity index (χ4v) is 2.52. The summed E-state index contributed by atoms with van der Waals surface area (Å²) in [4.78, 5) is 17.7. The van der Waals surface area contributed by atoms with E-state index < -0.39 is 5.82 Å². The van der Waals surface area contributed by atoms with Crippen LogP contribution in [-0.4, -0.2) is 35.0 Å². The van der Waals surface area contributed by atoms with Crippen LogP contribution in [0.3, 0.4) is 0 Å². The van der Waals surface area contributed by atoms with Crippen LogP contribution in [0.4, 0.5) is 4.39 Å². The van der Waals surface area contributed by atoms with E-state index in [-0.39, 0.29) is 28.9 Å². The van der Waals surface area contributed by atoms with Crippen molar-refractivity contribution in [3.63, 3.8) is 0 Å². The van der Waals surface area contributed by atoms with E-state index in [1.807, 2.05) is 0 Å². The summed E-state index contributed by atoms with van der Waals surface area (Å²) in [5, 5.41) is 0.187. The maximum absolute atomic E-state index is 13.5. The molecule has 0 atom stereocenters. The maximum Gasteiger partial charge on any atom is 0.289 e. The number of carbonyl (C=O) groups excluding carboxylic acids is 1. The molecule has 0 N–H and O–H groups in total. The lowest BCUT2D eigenvalue weighted by molar-refractivity contribution is 0.0551. The van der Waals surface area contributed by atoms with Gasteiger partial charge in [0.15, 0.2) is 16.8 Å². The number of hydrogen-bond acceptors (Lipinski definition) is 4. The van der Waals surface area contributed by atoms with E-state index in [0.29, 0.717) is 25.9 Å². The van der Waals surface area contributed by atoms with E-state index in [0.717, 1.165) is 0 Å². The van der Waals surface area contributed by atoms with Crippen LogP contribution in [0, 0.1) is 5.82 Å². The lowest BCUT2D eigenvalue weighted by Gasteiger charge is -2.31. The molecule has 116 valence electrons. The molecule has 1 aliphatic heterocycles. The second kappa shape index (κ2) is 6.36. The Morgan fingerprint density at radius 2 is 2.14 bits per heavy atom. The van der Waals surface area contributed by atoms with Crippen LogP contribution in [-0.2, 0) is 0 Å². The fraction of sp³-hybridized carbons (Fsp3) is 0.333. The molecule has 0 bridgehead atoms. The molecule has 0 saturated carbocycles. The molecular weight excluding hydrogens is 311 g/mol. The van der Waals surface area contributed by atoms with Gasteiger partial charge in [0.05, 0.1) is 0 Å². The molecule has 5 nitrogen and oxygen atoms in total. The van der Waals surface area contributed by atoms with Gasteiger partial charge < -0.3 is 14.1 Å². The molecule has 0 aliphatic carbocycles. The minimum atomic E-state index is -0.480. The molecule has 0 unspecified atom stereocenters. The lowest BCUT2D eigenvalue weighted by Crippen LogP contribution is -2.41. The predicted molar refractivity (Wildman–Crippen MR) is 77.5 cm³/mol. The largest absolute Gasteiger partial charge is 0.472 e. The van der Waals surface area contributed by atoms with Gasteiger partial charge in [-0.25, -0.2) is 9.37 Å². The van der Waals surface area contributed by atoms with Gasteiger partial charge in [0.1, 0.15) is 6.10 Å². The Balaban J connectivity index is 1.56. The molecule has 0 aromatic carbocycles. The monoisotopic (exact) mass is 324 g/mol. The van der Waals surface area contributed by atoms with Crippen molar-refractivity contribution >= 4 is 17.5 Å². The molecular formula is C15H14ClFN2O3. The minimum Gasteiger partial charge on any atom is -0.472 e. The summed E-state index contributed by atoms with van der Waals surface area (Å²) >= 11 is 5.67. The van der Waals surface area contributed by atoms with Gasteiger partial charge in [-0.1, -0.05) is 0 Å². The van der Waals surface area contributed by atoms with Crippen molar-refractivity contribution < 1.29 is 18.3 Å². The Labute approximate surface area is 131 Å². The smallest absolute Gasteiger partial charge is 0.289 e. The van der Waals surface area contributed by atoms with Crippen LogP contribution in [0.2, 0.25) is 5.22 Å². The summed E-state index contributed by atoms with van der Waals surface area (Å²) in [6.07, 6.45) is 2.54. The first-order valence-corrected chi connectivity index (χ1v) is 7.33. The van der Waals surface area contributed by atoms with Crippen molar-refractivity contribution in [2.45, 2.75) is 18.9 Å². The Kier molecular flexibility index (Phi) is 4.29. The van der Waals surface area contributed by atoms with Gasteiger partial charge in [-0.15, -0.1) is 0 Å². The zero-order valence-corrected chi connectivity index (χ0v) is 12.4. The summed E-state index contributed by atoms with van der Waals surface area (Å²) in [5.74, 6) is -0.453. The van der Waals surface area contributed by atoms with Crippen molar-refractivity contribution in [2.75, 3.05) is 13.1 Å². The Hall–Kier alpha value is -2.08. The number of likely N-dealkylation sites (tertiary alicyclic amines) is 1. The highest BCUT2D eigenvalue weighted by Crippen LogP contribution is 2.21. The summed E-state index contributed by atoms with van der Waals surface area (Å²) in [5.41, 5.74) is 0. The summed E-state index contributed by atoms with van der Waals surface area (Å²) in [6, 6.07) is 5.91. The number of hydrogen-bond donors (Lipinski definition) is 0. The molecule has 3 rings (SSSR count). The van der Waals surface area contributed by atoms with E-state index in [9.17, 15) is 9.18 Å². The molecule has 2 aromatic heterocycles. The third-order valence-corrected chi connectivity index (χ3v) is 3.72. The average molecular weight is 325 g/mol. The van der Waals surface area contributed by atoms with Crippen LogP contribution >= 0.6 is 11.6 Å². The summed E-state index contributed by atoms with van der Waals surface area (Å²) in [6.45, 7) is 1.02. The minimum absolute atomic E-state index is 0.00472. The van der Waals surface area contributed by atoms with E-state index in [1.165, 1.54) is 24.4 Å². The molecule has 1 amide bonds. The number of rotatable bonds is 3. The SMILES string of the molecule is O=C(c1ccc(Cl)o1)N1CCC(Oc2ncccc2F)CC1. The fourth-order valence-electron chi connectivity index (χ4n) is 2.38. The molecule has 22 heavy (non-hydrogen) atoms. The summed E-state index contributed by atoms with van der Waals surface area (Å²) < 4.78 is 24.2.